The number of hydrogen-bond acceptors (Lipinski definition) is 7. The summed E-state index contributed by atoms with van der Waals surface area (Å²) in [5.74, 6) is 0. The molecule has 1 unspecified atom stereocenters. The molecule has 0 aromatic carbocycles. The van der Waals surface area contributed by atoms with Crippen LogP contribution in [0.25, 0.3) is 10.4 Å². The first-order valence-corrected chi connectivity index (χ1v) is 4.12. The van der Waals surface area contributed by atoms with Crippen LogP contribution in [0.5, 0.6) is 0 Å². The number of azide groups is 1. The Morgan fingerprint density at radius 3 is 2.67 bits per heavy atom. The molecule has 1 aliphatic rings. The van der Waals surface area contributed by atoms with Crippen molar-refractivity contribution in [1.82, 2.24) is 0 Å². The largest absolute Gasteiger partial charge is 0.400 e. The van der Waals surface area contributed by atoms with E-state index in [1.165, 1.54) is 0 Å². The monoisotopic (exact) mass is 221 g/mol. The third-order valence-corrected chi connectivity index (χ3v) is 2.01. The molecule has 0 aliphatic carbocycles. The average Bonchev–Trinajstić information content (AvgIpc) is 2.53. The molecule has 1 fully saturated rings. The minimum Gasteiger partial charge on any atom is -0.400 e. The van der Waals surface area contributed by atoms with Crippen molar-refractivity contribution < 1.29 is 30.0 Å². The zero-order chi connectivity index (χ0) is 11.4. The second kappa shape index (κ2) is 5.12. The van der Waals surface area contributed by atoms with Crippen LogP contribution >= 0.6 is 0 Å². The minimum atomic E-state index is -1.46. The zero-order valence-corrected chi connectivity index (χ0v) is 7.54. The lowest BCUT2D eigenvalue weighted by Crippen LogP contribution is -2.40. The van der Waals surface area contributed by atoms with Crippen molar-refractivity contribution in [2.24, 2.45) is 5.28 Å². The number of aliphatic hydroxyl groups excluding tert-OH is 4. The van der Waals surface area contributed by atoms with Gasteiger partial charge in [-0.1, -0.05) is 0 Å². The molecular weight excluding hydrogens is 210 g/mol. The molecule has 0 bridgehead atoms. The molecule has 9 heteroatoms. The average molecular weight is 221 g/mol. The predicted molar refractivity (Wildman–Crippen MR) is 44.0 cm³/mol. The summed E-state index contributed by atoms with van der Waals surface area (Å²) < 4.78 is 4.84. The van der Waals surface area contributed by atoms with E-state index in [4.69, 9.17) is 15.4 Å². The molecule has 0 radical (unpaired) electrons. The Kier molecular flexibility index (Phi) is 4.09. The molecule has 1 rings (SSSR count). The van der Waals surface area contributed by atoms with Gasteiger partial charge in [-0.05, 0) is 5.53 Å². The second-order valence-electron chi connectivity index (χ2n) is 2.98. The SMILES string of the molecule is [N-]=[N+]=NOC1O[C@H]([C@H](O)CO)[C@H](O)[C@@H]1O. The van der Waals surface area contributed by atoms with Gasteiger partial charge in [-0.2, -0.15) is 0 Å². The Balaban J connectivity index is 2.62. The van der Waals surface area contributed by atoms with Crippen LogP contribution in [0.2, 0.25) is 0 Å². The maximum atomic E-state index is 9.37. The van der Waals surface area contributed by atoms with Crippen molar-refractivity contribution in [2.75, 3.05) is 6.61 Å². The van der Waals surface area contributed by atoms with E-state index in [9.17, 15) is 15.3 Å². The summed E-state index contributed by atoms with van der Waals surface area (Å²) in [5.41, 5.74) is 7.94. The van der Waals surface area contributed by atoms with Gasteiger partial charge in [-0.15, -0.1) is 0 Å². The van der Waals surface area contributed by atoms with E-state index in [2.05, 4.69) is 15.0 Å². The van der Waals surface area contributed by atoms with Crippen molar-refractivity contribution in [2.45, 2.75) is 30.7 Å². The van der Waals surface area contributed by atoms with Crippen LogP contribution in [0.4, 0.5) is 0 Å². The van der Waals surface area contributed by atoms with Gasteiger partial charge in [-0.25, -0.2) is 0 Å². The van der Waals surface area contributed by atoms with Crippen LogP contribution in [0.3, 0.4) is 0 Å². The quantitative estimate of drug-likeness (QED) is 0.187. The lowest BCUT2D eigenvalue weighted by molar-refractivity contribution is -0.182. The summed E-state index contributed by atoms with van der Waals surface area (Å²) in [5, 5.41) is 39.2. The molecule has 0 spiro atoms. The van der Waals surface area contributed by atoms with Gasteiger partial charge >= 0.3 is 0 Å². The molecular formula is C6H11N3O6. The van der Waals surface area contributed by atoms with Crippen molar-refractivity contribution in [3.8, 4) is 0 Å². The maximum Gasteiger partial charge on any atom is 0.237 e. The summed E-state index contributed by atoms with van der Waals surface area (Å²) in [6.45, 7) is -0.636. The Hall–Kier alpha value is -1.09. The van der Waals surface area contributed by atoms with E-state index in [1.54, 1.807) is 0 Å². The van der Waals surface area contributed by atoms with Gasteiger partial charge in [0, 0.05) is 4.91 Å². The molecule has 4 N–H and O–H groups in total. The highest BCUT2D eigenvalue weighted by molar-refractivity contribution is 4.90. The summed E-state index contributed by atoms with van der Waals surface area (Å²) in [6.07, 6.45) is -6.78. The Labute approximate surface area is 84.0 Å². The van der Waals surface area contributed by atoms with Crippen LogP contribution in [-0.4, -0.2) is 57.7 Å². The molecule has 86 valence electrons. The first-order chi connectivity index (χ1) is 7.11. The number of ether oxygens (including phenoxy) is 1. The lowest BCUT2D eigenvalue weighted by Gasteiger charge is -2.18. The molecule has 5 atom stereocenters. The summed E-state index contributed by atoms with van der Waals surface area (Å²) >= 11 is 0. The normalized spacial score (nSPS) is 37.1. The molecule has 0 aromatic heterocycles. The van der Waals surface area contributed by atoms with Crippen LogP contribution < -0.4 is 0 Å². The summed E-state index contributed by atoms with van der Waals surface area (Å²) in [6, 6.07) is 0. The highest BCUT2D eigenvalue weighted by Gasteiger charge is 2.47. The molecule has 9 nitrogen and oxygen atoms in total. The minimum absolute atomic E-state index is 0.636. The van der Waals surface area contributed by atoms with Crippen molar-refractivity contribution in [3.63, 3.8) is 0 Å². The number of rotatable bonds is 4. The highest BCUT2D eigenvalue weighted by Crippen LogP contribution is 2.24. The summed E-state index contributed by atoms with van der Waals surface area (Å²) in [4.78, 5) is 6.61. The van der Waals surface area contributed by atoms with Gasteiger partial charge in [0.15, 0.2) is 0 Å². The van der Waals surface area contributed by atoms with Crippen molar-refractivity contribution in [3.05, 3.63) is 10.4 Å². The van der Waals surface area contributed by atoms with Gasteiger partial charge < -0.3 is 30.0 Å². The van der Waals surface area contributed by atoms with Gasteiger partial charge in [-0.3, -0.25) is 0 Å². The van der Waals surface area contributed by atoms with E-state index in [0.717, 1.165) is 0 Å². The van der Waals surface area contributed by atoms with E-state index in [1.807, 2.05) is 0 Å². The molecule has 1 aliphatic heterocycles. The standard InChI is InChI=1S/C6H11N3O6/c7-8-9-15-6-4(13)3(12)5(14-6)2(11)1-10/h2-6,10-13H,1H2/t2-,3-,4+,5-,6?/m1/s1. The summed E-state index contributed by atoms with van der Waals surface area (Å²) in [7, 11) is 0. The second-order valence-corrected chi connectivity index (χ2v) is 2.98. The molecule has 1 heterocycles. The number of hydrogen-bond donors (Lipinski definition) is 4. The molecule has 1 saturated heterocycles. The zero-order valence-electron chi connectivity index (χ0n) is 7.54. The van der Waals surface area contributed by atoms with Crippen molar-refractivity contribution >= 4 is 0 Å². The molecule has 15 heavy (non-hydrogen) atoms. The fraction of sp³-hybridized carbons (Fsp3) is 1.00. The van der Waals surface area contributed by atoms with Gasteiger partial charge in [0.1, 0.15) is 29.7 Å². The van der Waals surface area contributed by atoms with Crippen LogP contribution in [0, 0.1) is 0 Å². The van der Waals surface area contributed by atoms with Crippen LogP contribution in [0.15, 0.2) is 5.28 Å². The fourth-order valence-corrected chi connectivity index (χ4v) is 1.25. The number of nitrogens with zero attached hydrogens (tertiary/aromatic N) is 3. The van der Waals surface area contributed by atoms with Gasteiger partial charge in [0.25, 0.3) is 0 Å². The van der Waals surface area contributed by atoms with E-state index in [-0.39, 0.29) is 0 Å². The van der Waals surface area contributed by atoms with E-state index in [0.29, 0.717) is 0 Å². The first kappa shape index (κ1) is 12.0. The van der Waals surface area contributed by atoms with Crippen LogP contribution in [0.1, 0.15) is 0 Å². The predicted octanol–water partition coefficient (Wildman–Crippen LogP) is -1.97. The van der Waals surface area contributed by atoms with Gasteiger partial charge in [0.2, 0.25) is 6.29 Å². The Bertz CT molecular complexity index is 257. The fourth-order valence-electron chi connectivity index (χ4n) is 1.25. The van der Waals surface area contributed by atoms with E-state index < -0.39 is 37.3 Å². The Morgan fingerprint density at radius 2 is 2.13 bits per heavy atom. The first-order valence-electron chi connectivity index (χ1n) is 4.12. The lowest BCUT2D eigenvalue weighted by atomic mass is 10.1. The Morgan fingerprint density at radius 1 is 1.47 bits per heavy atom. The van der Waals surface area contributed by atoms with Crippen LogP contribution in [-0.2, 0) is 9.57 Å². The maximum absolute atomic E-state index is 9.37. The van der Waals surface area contributed by atoms with Crippen molar-refractivity contribution in [1.29, 1.82) is 0 Å². The molecule has 0 aromatic rings. The van der Waals surface area contributed by atoms with Gasteiger partial charge in [0.05, 0.1) is 6.61 Å². The van der Waals surface area contributed by atoms with E-state index >= 15 is 0 Å². The highest BCUT2D eigenvalue weighted by atomic mass is 16.8. The third kappa shape index (κ3) is 2.48. The topological polar surface area (TPSA) is 148 Å². The molecule has 0 saturated carbocycles. The smallest absolute Gasteiger partial charge is 0.237 e. The third-order valence-electron chi connectivity index (χ3n) is 2.01. The molecule has 0 amide bonds. The number of aliphatic hydroxyl groups is 4.